The second-order valence-corrected chi connectivity index (χ2v) is 10.7. The van der Waals surface area contributed by atoms with Crippen molar-refractivity contribution >= 4 is 0 Å². The topological polar surface area (TPSA) is 0 Å². The van der Waals surface area contributed by atoms with Gasteiger partial charge in [-0.1, -0.05) is 93.5 Å². The highest BCUT2D eigenvalue weighted by Crippen LogP contribution is 2.48. The Kier molecular flexibility index (Phi) is 8.50. The molecule has 0 spiro atoms. The van der Waals surface area contributed by atoms with Crippen LogP contribution in [0.1, 0.15) is 112 Å². The molecule has 0 bridgehead atoms. The fourth-order valence-electron chi connectivity index (χ4n) is 6.21. The lowest BCUT2D eigenvalue weighted by atomic mass is 9.63. The third-order valence-corrected chi connectivity index (χ3v) is 8.22. The Balaban J connectivity index is 1.26. The predicted molar refractivity (Wildman–Crippen MR) is 138 cm³/mol. The molecule has 4 rings (SSSR count). The number of hydrogen-bond donors (Lipinski definition) is 0. The van der Waals surface area contributed by atoms with Gasteiger partial charge >= 0.3 is 0 Å². The molecule has 0 nitrogen and oxygen atoms in total. The normalized spacial score (nSPS) is 24.9. The van der Waals surface area contributed by atoms with E-state index in [0.717, 1.165) is 34.8 Å². The minimum absolute atomic E-state index is 0.765. The molecule has 4 unspecified atom stereocenters. The van der Waals surface area contributed by atoms with Crippen molar-refractivity contribution in [3.05, 3.63) is 70.8 Å². The average Bonchev–Trinajstić information content (AvgIpc) is 2.83. The largest absolute Gasteiger partial charge is 0.0654 e. The Morgan fingerprint density at radius 2 is 1.31 bits per heavy atom. The molecule has 170 valence electrons. The highest BCUT2D eigenvalue weighted by Gasteiger charge is 2.35. The van der Waals surface area contributed by atoms with E-state index in [2.05, 4.69) is 74.2 Å². The average molecular weight is 427 g/mol. The first-order valence-corrected chi connectivity index (χ1v) is 13.4. The van der Waals surface area contributed by atoms with Crippen molar-refractivity contribution < 1.29 is 0 Å². The Morgan fingerprint density at radius 1 is 0.688 bits per heavy atom. The summed E-state index contributed by atoms with van der Waals surface area (Å²) in [7, 11) is 0. The van der Waals surface area contributed by atoms with Crippen molar-refractivity contribution in [3.63, 3.8) is 0 Å². The van der Waals surface area contributed by atoms with Crippen LogP contribution in [-0.4, -0.2) is 0 Å². The van der Waals surface area contributed by atoms with Gasteiger partial charge in [-0.05, 0) is 92.5 Å². The Labute approximate surface area is 197 Å². The lowest BCUT2D eigenvalue weighted by Crippen LogP contribution is -2.30. The summed E-state index contributed by atoms with van der Waals surface area (Å²) in [5.74, 6) is 10.4. The maximum absolute atomic E-state index is 3.34. The van der Waals surface area contributed by atoms with Crippen LogP contribution in [0.3, 0.4) is 0 Å². The van der Waals surface area contributed by atoms with E-state index < -0.39 is 0 Å². The molecule has 0 amide bonds. The van der Waals surface area contributed by atoms with Crippen LogP contribution >= 0.6 is 0 Å². The smallest absolute Gasteiger partial charge is 0.0249 e. The monoisotopic (exact) mass is 426 g/mol. The summed E-state index contributed by atoms with van der Waals surface area (Å²) in [4.78, 5) is 0. The Morgan fingerprint density at radius 3 is 2.03 bits per heavy atom. The predicted octanol–water partition coefficient (Wildman–Crippen LogP) is 9.06. The van der Waals surface area contributed by atoms with Crippen molar-refractivity contribution in [1.29, 1.82) is 0 Å². The molecule has 2 aromatic rings. The van der Waals surface area contributed by atoms with Crippen molar-refractivity contribution in [2.45, 2.75) is 96.8 Å². The van der Waals surface area contributed by atoms with Gasteiger partial charge in [0.1, 0.15) is 0 Å². The van der Waals surface area contributed by atoms with Gasteiger partial charge in [-0.25, -0.2) is 0 Å². The molecule has 0 N–H and O–H groups in total. The van der Waals surface area contributed by atoms with E-state index in [4.69, 9.17) is 0 Å². The second kappa shape index (κ2) is 11.7. The van der Waals surface area contributed by atoms with E-state index in [1.165, 1.54) is 82.6 Å². The third-order valence-electron chi connectivity index (χ3n) is 8.22. The molecule has 4 atom stereocenters. The molecule has 0 radical (unpaired) electrons. The molecule has 0 heteroatoms. The molecule has 2 aliphatic carbocycles. The van der Waals surface area contributed by atoms with Crippen molar-refractivity contribution in [2.75, 3.05) is 0 Å². The van der Waals surface area contributed by atoms with Gasteiger partial charge in [0.05, 0.1) is 0 Å². The number of fused-ring (bicyclic) bond motifs is 1. The fourth-order valence-corrected chi connectivity index (χ4v) is 6.21. The first-order valence-electron chi connectivity index (χ1n) is 13.4. The summed E-state index contributed by atoms with van der Waals surface area (Å²) in [6, 6.07) is 17.6. The number of rotatable bonds is 7. The highest BCUT2D eigenvalue weighted by atomic mass is 14.4. The summed E-state index contributed by atoms with van der Waals surface area (Å²) in [6.45, 7) is 4.43. The van der Waals surface area contributed by atoms with Gasteiger partial charge in [0, 0.05) is 11.1 Å². The summed E-state index contributed by atoms with van der Waals surface area (Å²) < 4.78 is 0. The number of hydrogen-bond acceptors (Lipinski definition) is 0. The molecule has 32 heavy (non-hydrogen) atoms. The van der Waals surface area contributed by atoms with Gasteiger partial charge in [0.2, 0.25) is 0 Å². The Hall–Kier alpha value is -2.00. The second-order valence-electron chi connectivity index (χ2n) is 10.7. The molecule has 0 heterocycles. The van der Waals surface area contributed by atoms with Gasteiger partial charge in [0.25, 0.3) is 0 Å². The zero-order valence-corrected chi connectivity index (χ0v) is 20.4. The minimum atomic E-state index is 0.765. The van der Waals surface area contributed by atoms with E-state index >= 15 is 0 Å². The van der Waals surface area contributed by atoms with Crippen LogP contribution in [0.5, 0.6) is 0 Å². The van der Waals surface area contributed by atoms with E-state index in [1.807, 2.05) is 0 Å². The van der Waals surface area contributed by atoms with Crippen LogP contribution in [0.25, 0.3) is 0 Å². The quantitative estimate of drug-likeness (QED) is 0.306. The lowest BCUT2D eigenvalue weighted by Gasteiger charge is -2.42. The fraction of sp³-hybridized carbons (Fsp3) is 0.562. The van der Waals surface area contributed by atoms with Gasteiger partial charge in [0.15, 0.2) is 0 Å². The first-order chi connectivity index (χ1) is 15.7. The van der Waals surface area contributed by atoms with Crippen LogP contribution in [0.15, 0.2) is 48.5 Å². The minimum Gasteiger partial charge on any atom is -0.0654 e. The van der Waals surface area contributed by atoms with Crippen molar-refractivity contribution in [3.8, 4) is 11.8 Å². The number of aryl methyl sites for hydroxylation is 1. The van der Waals surface area contributed by atoms with E-state index in [-0.39, 0.29) is 0 Å². The van der Waals surface area contributed by atoms with Gasteiger partial charge < -0.3 is 0 Å². The standard InChI is InChI=1S/C32H42/c1-3-4-5-6-7-8-28-17-20-32-24-31(22-21-30(32)23-28)29-18-15-27(16-19-29)14-13-26-11-9-25(2)10-12-26/h9-12,15-16,18-19,28,30-32H,3-8,17,20-24H2,1-2H3. The Bertz CT molecular complexity index is 876. The molecular formula is C32H42. The van der Waals surface area contributed by atoms with Crippen molar-refractivity contribution in [2.24, 2.45) is 17.8 Å². The van der Waals surface area contributed by atoms with Gasteiger partial charge in [-0.15, -0.1) is 0 Å². The highest BCUT2D eigenvalue weighted by molar-refractivity contribution is 5.44. The summed E-state index contributed by atoms with van der Waals surface area (Å²) >= 11 is 0. The number of unbranched alkanes of at least 4 members (excludes halogenated alkanes) is 4. The number of benzene rings is 2. The molecule has 0 saturated heterocycles. The van der Waals surface area contributed by atoms with Gasteiger partial charge in [-0.3, -0.25) is 0 Å². The lowest BCUT2D eigenvalue weighted by molar-refractivity contribution is 0.113. The summed E-state index contributed by atoms with van der Waals surface area (Å²) in [5.41, 5.74) is 5.05. The van der Waals surface area contributed by atoms with Crippen LogP contribution in [0.4, 0.5) is 0 Å². The molecule has 2 aliphatic rings. The summed E-state index contributed by atoms with van der Waals surface area (Å²) in [6.07, 6.45) is 17.5. The molecule has 0 aromatic heterocycles. The maximum atomic E-state index is 3.34. The third kappa shape index (κ3) is 6.51. The zero-order valence-electron chi connectivity index (χ0n) is 20.4. The molecule has 2 saturated carbocycles. The van der Waals surface area contributed by atoms with Crippen LogP contribution in [0, 0.1) is 36.5 Å². The SMILES string of the molecule is CCCCCCCC1CCC2CC(c3ccc(C#Cc4ccc(C)cc4)cc3)CCC2C1. The van der Waals surface area contributed by atoms with Crippen LogP contribution in [0.2, 0.25) is 0 Å². The molecule has 0 aliphatic heterocycles. The van der Waals surface area contributed by atoms with E-state index in [0.29, 0.717) is 0 Å². The zero-order chi connectivity index (χ0) is 22.2. The van der Waals surface area contributed by atoms with Crippen molar-refractivity contribution in [1.82, 2.24) is 0 Å². The van der Waals surface area contributed by atoms with Gasteiger partial charge in [-0.2, -0.15) is 0 Å². The van der Waals surface area contributed by atoms with E-state index in [1.54, 1.807) is 5.56 Å². The molecule has 2 fully saturated rings. The van der Waals surface area contributed by atoms with Crippen LogP contribution in [-0.2, 0) is 0 Å². The molecular weight excluding hydrogens is 384 g/mol. The van der Waals surface area contributed by atoms with Crippen LogP contribution < -0.4 is 0 Å². The molecule has 2 aromatic carbocycles. The maximum Gasteiger partial charge on any atom is 0.0249 e. The summed E-state index contributed by atoms with van der Waals surface area (Å²) in [5, 5.41) is 0. The van der Waals surface area contributed by atoms with E-state index in [9.17, 15) is 0 Å². The first kappa shape index (κ1) is 23.2.